The molecule has 0 saturated carbocycles. The number of H-pyrrole nitrogens is 1. The third-order valence-electron chi connectivity index (χ3n) is 5.50. The molecule has 0 aliphatic heterocycles. The zero-order valence-corrected chi connectivity index (χ0v) is 17.7. The van der Waals surface area contributed by atoms with Crippen LogP contribution in [0.2, 0.25) is 0 Å². The van der Waals surface area contributed by atoms with Crippen molar-refractivity contribution in [3.05, 3.63) is 18.2 Å². The van der Waals surface area contributed by atoms with Crippen molar-refractivity contribution < 1.29 is 4.57 Å². The lowest BCUT2D eigenvalue weighted by Crippen LogP contribution is -2.39. The molecule has 1 aromatic rings. The third-order valence-corrected chi connectivity index (χ3v) is 5.50. The lowest BCUT2D eigenvalue weighted by molar-refractivity contribution is -0.723. The Morgan fingerprint density at radius 3 is 1.80 bits per heavy atom. The van der Waals surface area contributed by atoms with Crippen LogP contribution in [0.15, 0.2) is 12.4 Å². The highest BCUT2D eigenvalue weighted by molar-refractivity contribution is 4.90. The van der Waals surface area contributed by atoms with Crippen molar-refractivity contribution in [1.82, 2.24) is 4.98 Å². The molecule has 25 heavy (non-hydrogen) atoms. The quantitative estimate of drug-likeness (QED) is 0.236. The molecule has 146 valence electrons. The lowest BCUT2D eigenvalue weighted by Gasteiger charge is -2.15. The number of aromatic nitrogens is 2. The van der Waals surface area contributed by atoms with E-state index in [2.05, 4.69) is 49.6 Å². The van der Waals surface area contributed by atoms with Gasteiger partial charge in [-0.3, -0.25) is 0 Å². The Morgan fingerprint density at radius 1 is 0.760 bits per heavy atom. The molecule has 2 heteroatoms. The third kappa shape index (κ3) is 9.47. The summed E-state index contributed by atoms with van der Waals surface area (Å²) in [6.07, 6.45) is 23.9. The monoisotopic (exact) mass is 349 g/mol. The van der Waals surface area contributed by atoms with E-state index in [1.54, 1.807) is 0 Å². The van der Waals surface area contributed by atoms with Crippen molar-refractivity contribution in [2.75, 3.05) is 0 Å². The van der Waals surface area contributed by atoms with Crippen molar-refractivity contribution in [2.24, 2.45) is 0 Å². The van der Waals surface area contributed by atoms with Crippen molar-refractivity contribution >= 4 is 0 Å². The van der Waals surface area contributed by atoms with Crippen LogP contribution < -0.4 is 4.57 Å². The first-order chi connectivity index (χ1) is 12.2. The van der Waals surface area contributed by atoms with Gasteiger partial charge < -0.3 is 0 Å². The molecule has 1 atom stereocenters. The highest BCUT2D eigenvalue weighted by atomic mass is 15.1. The molecule has 2 nitrogen and oxygen atoms in total. The summed E-state index contributed by atoms with van der Waals surface area (Å²) < 4.78 is 2.45. The molecule has 0 bridgehead atoms. The number of nitrogens with zero attached hydrogens (tertiary/aromatic N) is 1. The average Bonchev–Trinajstić information content (AvgIpc) is 3.08. The second-order valence-electron chi connectivity index (χ2n) is 8.16. The maximum Gasteiger partial charge on any atom is 0.257 e. The Kier molecular flexibility index (Phi) is 12.8. The van der Waals surface area contributed by atoms with Gasteiger partial charge in [0.25, 0.3) is 5.82 Å². The standard InChI is InChI=1S/C23H44N2/c1-5-7-9-10-11-12-13-14-16-18-22(17-15-8-6-2)23-24-19-20-25(23)21(3)4/h19-22H,5-18H2,1-4H3/p+1/t22-/m0/s1. The number of nitrogens with one attached hydrogen (secondary N) is 1. The van der Waals surface area contributed by atoms with E-state index in [0.29, 0.717) is 12.0 Å². The first-order valence-electron chi connectivity index (χ1n) is 11.3. The van der Waals surface area contributed by atoms with Gasteiger partial charge in [0, 0.05) is 0 Å². The van der Waals surface area contributed by atoms with E-state index in [1.807, 2.05) is 0 Å². The molecule has 0 aromatic carbocycles. The molecule has 1 rings (SSSR count). The average molecular weight is 350 g/mol. The Morgan fingerprint density at radius 2 is 1.24 bits per heavy atom. The summed E-state index contributed by atoms with van der Waals surface area (Å²) >= 11 is 0. The van der Waals surface area contributed by atoms with Crippen LogP contribution in [0.5, 0.6) is 0 Å². The fourth-order valence-corrected chi connectivity index (χ4v) is 3.90. The van der Waals surface area contributed by atoms with E-state index in [1.165, 1.54) is 95.7 Å². The van der Waals surface area contributed by atoms with Gasteiger partial charge in [-0.25, -0.2) is 9.55 Å². The second kappa shape index (κ2) is 14.4. The number of hydrogen-bond donors (Lipinski definition) is 1. The molecule has 0 amide bonds. The van der Waals surface area contributed by atoms with Crippen LogP contribution in [0.4, 0.5) is 0 Å². The molecular weight excluding hydrogens is 304 g/mol. The predicted octanol–water partition coefficient (Wildman–Crippen LogP) is 7.47. The minimum atomic E-state index is 0.554. The van der Waals surface area contributed by atoms with Crippen LogP contribution in [-0.2, 0) is 0 Å². The van der Waals surface area contributed by atoms with Crippen LogP contribution in [-0.4, -0.2) is 4.98 Å². The number of aromatic amines is 1. The van der Waals surface area contributed by atoms with E-state index in [9.17, 15) is 0 Å². The van der Waals surface area contributed by atoms with Gasteiger partial charge in [0.05, 0.1) is 12.0 Å². The molecule has 0 saturated heterocycles. The number of rotatable bonds is 16. The van der Waals surface area contributed by atoms with Gasteiger partial charge in [-0.15, -0.1) is 0 Å². The lowest BCUT2D eigenvalue weighted by atomic mass is 9.93. The molecule has 0 radical (unpaired) electrons. The zero-order chi connectivity index (χ0) is 18.3. The predicted molar refractivity (Wildman–Crippen MR) is 110 cm³/mol. The summed E-state index contributed by atoms with van der Waals surface area (Å²) in [5, 5.41) is 0. The first kappa shape index (κ1) is 22.3. The van der Waals surface area contributed by atoms with E-state index in [-0.39, 0.29) is 0 Å². The van der Waals surface area contributed by atoms with E-state index in [0.717, 1.165) is 0 Å². The van der Waals surface area contributed by atoms with Crippen molar-refractivity contribution in [2.45, 2.75) is 130 Å². The maximum absolute atomic E-state index is 3.56. The normalized spacial score (nSPS) is 12.8. The molecule has 1 N–H and O–H groups in total. The number of unbranched alkanes of at least 4 members (excludes halogenated alkanes) is 10. The van der Waals surface area contributed by atoms with E-state index >= 15 is 0 Å². The Bertz CT molecular complexity index is 408. The van der Waals surface area contributed by atoms with Gasteiger partial charge in [0.2, 0.25) is 0 Å². The molecule has 1 aromatic heterocycles. The Balaban J connectivity index is 2.33. The topological polar surface area (TPSA) is 19.7 Å². The highest BCUT2D eigenvalue weighted by Crippen LogP contribution is 2.26. The van der Waals surface area contributed by atoms with Gasteiger partial charge >= 0.3 is 0 Å². The Labute approximate surface area is 157 Å². The van der Waals surface area contributed by atoms with Crippen LogP contribution >= 0.6 is 0 Å². The van der Waals surface area contributed by atoms with E-state index in [4.69, 9.17) is 0 Å². The fourth-order valence-electron chi connectivity index (χ4n) is 3.90. The summed E-state index contributed by atoms with van der Waals surface area (Å²) in [5.74, 6) is 2.18. The number of hydrogen-bond acceptors (Lipinski definition) is 0. The molecular formula is C23H45N2+. The van der Waals surface area contributed by atoms with Gasteiger partial charge in [-0.2, -0.15) is 0 Å². The molecule has 0 aliphatic carbocycles. The molecule has 0 aliphatic rings. The summed E-state index contributed by atoms with van der Waals surface area (Å²) in [4.78, 5) is 3.56. The number of imidazole rings is 1. The van der Waals surface area contributed by atoms with Crippen molar-refractivity contribution in [3.8, 4) is 0 Å². The molecule has 0 fully saturated rings. The van der Waals surface area contributed by atoms with Gasteiger partial charge in [-0.05, 0) is 26.7 Å². The molecule has 0 unspecified atom stereocenters. The van der Waals surface area contributed by atoms with Gasteiger partial charge in [0.1, 0.15) is 12.4 Å². The summed E-state index contributed by atoms with van der Waals surface area (Å²) in [6, 6.07) is 0.554. The second-order valence-corrected chi connectivity index (χ2v) is 8.16. The fraction of sp³-hybridized carbons (Fsp3) is 0.870. The Hall–Kier alpha value is -0.790. The van der Waals surface area contributed by atoms with Crippen molar-refractivity contribution in [1.29, 1.82) is 0 Å². The van der Waals surface area contributed by atoms with Crippen molar-refractivity contribution in [3.63, 3.8) is 0 Å². The minimum absolute atomic E-state index is 0.554. The van der Waals surface area contributed by atoms with Crippen LogP contribution in [0.1, 0.15) is 135 Å². The van der Waals surface area contributed by atoms with Gasteiger partial charge in [0.15, 0.2) is 0 Å². The highest BCUT2D eigenvalue weighted by Gasteiger charge is 2.23. The largest absolute Gasteiger partial charge is 0.257 e. The maximum atomic E-state index is 3.56. The molecule has 0 spiro atoms. The summed E-state index contributed by atoms with van der Waals surface area (Å²) in [5.41, 5.74) is 0. The van der Waals surface area contributed by atoms with Gasteiger partial charge in [-0.1, -0.05) is 90.9 Å². The SMILES string of the molecule is CCCCCCCCCCC[C@H](CCCCC)c1[nH]cc[n+]1C(C)C. The van der Waals surface area contributed by atoms with Crippen LogP contribution in [0.25, 0.3) is 0 Å². The smallest absolute Gasteiger partial charge is 0.247 e. The van der Waals surface area contributed by atoms with E-state index < -0.39 is 0 Å². The minimum Gasteiger partial charge on any atom is -0.247 e. The summed E-state index contributed by atoms with van der Waals surface area (Å²) in [6.45, 7) is 9.18. The summed E-state index contributed by atoms with van der Waals surface area (Å²) in [7, 11) is 0. The van der Waals surface area contributed by atoms with Crippen LogP contribution in [0.3, 0.4) is 0 Å². The van der Waals surface area contributed by atoms with Crippen LogP contribution in [0, 0.1) is 0 Å². The molecule has 1 heterocycles. The first-order valence-corrected chi connectivity index (χ1v) is 11.3. The zero-order valence-electron chi connectivity index (χ0n) is 17.7.